The molecular weight excluding hydrogens is 256 g/mol. The van der Waals surface area contributed by atoms with Crippen molar-refractivity contribution in [2.45, 2.75) is 19.8 Å². The van der Waals surface area contributed by atoms with Crippen molar-refractivity contribution >= 4 is 5.95 Å². The standard InChI is InChI=1S/C12H20N8/c1-2-13-7-9-3-5-20(6-4-9)12-15-11(17-18-12)10-8-14-19-16-10/h8-9,13H,2-7H2,1H3,(H,14,16,19)(H,15,17,18). The SMILES string of the molecule is CCNCC1CCN(c2n[nH]c(-c3cn[nH]n3)n2)CC1. The van der Waals surface area contributed by atoms with E-state index in [0.29, 0.717) is 11.5 Å². The van der Waals surface area contributed by atoms with Gasteiger partial charge >= 0.3 is 0 Å². The Bertz CT molecular complexity index is 511. The number of aromatic nitrogens is 6. The molecule has 20 heavy (non-hydrogen) atoms. The second kappa shape index (κ2) is 6.00. The molecule has 0 bridgehead atoms. The lowest BCUT2D eigenvalue weighted by atomic mass is 9.97. The fraction of sp³-hybridized carbons (Fsp3) is 0.667. The van der Waals surface area contributed by atoms with Gasteiger partial charge in [-0.25, -0.2) is 0 Å². The fourth-order valence-corrected chi connectivity index (χ4v) is 2.51. The summed E-state index contributed by atoms with van der Waals surface area (Å²) in [6, 6.07) is 0. The summed E-state index contributed by atoms with van der Waals surface area (Å²) in [7, 11) is 0. The topological polar surface area (TPSA) is 98.4 Å². The van der Waals surface area contributed by atoms with E-state index in [1.54, 1.807) is 6.20 Å². The van der Waals surface area contributed by atoms with Gasteiger partial charge in [-0.3, -0.25) is 5.10 Å². The van der Waals surface area contributed by atoms with Crippen LogP contribution in [0.5, 0.6) is 0 Å². The average molecular weight is 276 g/mol. The zero-order chi connectivity index (χ0) is 13.8. The molecule has 8 heteroatoms. The lowest BCUT2D eigenvalue weighted by molar-refractivity contribution is 0.384. The molecule has 1 aliphatic rings. The van der Waals surface area contributed by atoms with Gasteiger partial charge in [0.25, 0.3) is 0 Å². The number of rotatable bonds is 5. The molecule has 2 aromatic rings. The normalized spacial score (nSPS) is 16.8. The maximum absolute atomic E-state index is 4.48. The van der Waals surface area contributed by atoms with Gasteiger partial charge in [0.15, 0.2) is 5.82 Å². The largest absolute Gasteiger partial charge is 0.340 e. The van der Waals surface area contributed by atoms with Crippen LogP contribution in [0.2, 0.25) is 0 Å². The van der Waals surface area contributed by atoms with Gasteiger partial charge in [-0.1, -0.05) is 6.92 Å². The van der Waals surface area contributed by atoms with E-state index in [4.69, 9.17) is 0 Å². The van der Waals surface area contributed by atoms with Crippen molar-refractivity contribution in [3.8, 4) is 11.5 Å². The van der Waals surface area contributed by atoms with Crippen molar-refractivity contribution in [2.24, 2.45) is 5.92 Å². The first kappa shape index (κ1) is 13.0. The molecule has 1 fully saturated rings. The highest BCUT2D eigenvalue weighted by Gasteiger charge is 2.22. The Kier molecular flexibility index (Phi) is 3.91. The lowest BCUT2D eigenvalue weighted by Crippen LogP contribution is -2.37. The highest BCUT2D eigenvalue weighted by atomic mass is 15.4. The first-order valence-corrected chi connectivity index (χ1v) is 7.11. The second-order valence-electron chi connectivity index (χ2n) is 5.08. The van der Waals surface area contributed by atoms with Crippen LogP contribution >= 0.6 is 0 Å². The van der Waals surface area contributed by atoms with Gasteiger partial charge in [0.1, 0.15) is 5.69 Å². The van der Waals surface area contributed by atoms with E-state index >= 15 is 0 Å². The molecule has 8 nitrogen and oxygen atoms in total. The van der Waals surface area contributed by atoms with Crippen LogP contribution in [0.1, 0.15) is 19.8 Å². The van der Waals surface area contributed by atoms with Crippen LogP contribution in [0.15, 0.2) is 6.20 Å². The summed E-state index contributed by atoms with van der Waals surface area (Å²) in [4.78, 5) is 6.71. The number of H-pyrrole nitrogens is 2. The smallest absolute Gasteiger partial charge is 0.245 e. The number of anilines is 1. The Morgan fingerprint density at radius 1 is 1.35 bits per heavy atom. The van der Waals surface area contributed by atoms with Crippen LogP contribution in [0, 0.1) is 5.92 Å². The van der Waals surface area contributed by atoms with Crippen molar-refractivity contribution in [3.05, 3.63) is 6.20 Å². The summed E-state index contributed by atoms with van der Waals surface area (Å²) in [6.45, 7) is 6.32. The van der Waals surface area contributed by atoms with E-state index in [1.807, 2.05) is 0 Å². The Morgan fingerprint density at radius 3 is 2.90 bits per heavy atom. The predicted molar refractivity (Wildman–Crippen MR) is 75.2 cm³/mol. The van der Waals surface area contributed by atoms with E-state index < -0.39 is 0 Å². The molecule has 2 aromatic heterocycles. The summed E-state index contributed by atoms with van der Waals surface area (Å²) >= 11 is 0. The van der Waals surface area contributed by atoms with Crippen LogP contribution in [-0.2, 0) is 0 Å². The van der Waals surface area contributed by atoms with E-state index in [9.17, 15) is 0 Å². The molecule has 0 amide bonds. The molecule has 0 spiro atoms. The minimum atomic E-state index is 0.656. The van der Waals surface area contributed by atoms with Crippen molar-refractivity contribution in [1.82, 2.24) is 35.9 Å². The molecule has 0 radical (unpaired) electrons. The van der Waals surface area contributed by atoms with Crippen LogP contribution in [-0.4, -0.2) is 56.8 Å². The zero-order valence-electron chi connectivity index (χ0n) is 11.6. The molecule has 0 aromatic carbocycles. The third kappa shape index (κ3) is 2.79. The zero-order valence-corrected chi connectivity index (χ0v) is 11.6. The van der Waals surface area contributed by atoms with Gasteiger partial charge in [0, 0.05) is 13.1 Å². The molecule has 3 N–H and O–H groups in total. The molecule has 0 unspecified atom stereocenters. The summed E-state index contributed by atoms with van der Waals surface area (Å²) in [5.41, 5.74) is 0.686. The van der Waals surface area contributed by atoms with Gasteiger partial charge in [-0.2, -0.15) is 20.4 Å². The van der Waals surface area contributed by atoms with Crippen LogP contribution < -0.4 is 10.2 Å². The monoisotopic (exact) mass is 276 g/mol. The van der Waals surface area contributed by atoms with Crippen LogP contribution in [0.25, 0.3) is 11.5 Å². The van der Waals surface area contributed by atoms with Crippen LogP contribution in [0.4, 0.5) is 5.95 Å². The molecule has 1 saturated heterocycles. The first-order chi connectivity index (χ1) is 9.86. The number of aromatic amines is 2. The number of hydrogen-bond acceptors (Lipinski definition) is 6. The maximum atomic E-state index is 4.48. The molecule has 0 aliphatic carbocycles. The van der Waals surface area contributed by atoms with Gasteiger partial charge in [0.2, 0.25) is 5.95 Å². The van der Waals surface area contributed by atoms with E-state index in [0.717, 1.165) is 38.0 Å². The first-order valence-electron chi connectivity index (χ1n) is 7.11. The molecule has 3 heterocycles. The molecule has 3 rings (SSSR count). The minimum Gasteiger partial charge on any atom is -0.340 e. The second-order valence-corrected chi connectivity index (χ2v) is 5.08. The Morgan fingerprint density at radius 2 is 2.20 bits per heavy atom. The van der Waals surface area contributed by atoms with Gasteiger partial charge < -0.3 is 10.2 Å². The van der Waals surface area contributed by atoms with Gasteiger partial charge in [-0.15, -0.1) is 5.10 Å². The summed E-state index contributed by atoms with van der Waals surface area (Å²) in [5.74, 6) is 2.17. The summed E-state index contributed by atoms with van der Waals surface area (Å²) < 4.78 is 0. The third-order valence-electron chi connectivity index (χ3n) is 3.71. The Hall–Kier alpha value is -1.96. The van der Waals surface area contributed by atoms with Crippen molar-refractivity contribution in [1.29, 1.82) is 0 Å². The van der Waals surface area contributed by atoms with E-state index in [2.05, 4.69) is 47.7 Å². The van der Waals surface area contributed by atoms with Crippen molar-refractivity contribution < 1.29 is 0 Å². The summed E-state index contributed by atoms with van der Waals surface area (Å²) in [6.07, 6.45) is 3.99. The van der Waals surface area contributed by atoms with Gasteiger partial charge in [0.05, 0.1) is 6.20 Å². The number of nitrogens with zero attached hydrogens (tertiary/aromatic N) is 5. The third-order valence-corrected chi connectivity index (χ3v) is 3.71. The Labute approximate surface area is 117 Å². The highest BCUT2D eigenvalue weighted by Crippen LogP contribution is 2.21. The van der Waals surface area contributed by atoms with Crippen molar-refractivity contribution in [3.63, 3.8) is 0 Å². The van der Waals surface area contributed by atoms with Gasteiger partial charge in [-0.05, 0) is 31.8 Å². The molecular formula is C12H20N8. The minimum absolute atomic E-state index is 0.656. The van der Waals surface area contributed by atoms with Crippen LogP contribution in [0.3, 0.4) is 0 Å². The number of nitrogens with one attached hydrogen (secondary N) is 3. The quantitative estimate of drug-likeness (QED) is 0.732. The molecule has 108 valence electrons. The number of piperidine rings is 1. The average Bonchev–Trinajstić information content (AvgIpc) is 3.16. The molecule has 1 aliphatic heterocycles. The van der Waals surface area contributed by atoms with Crippen molar-refractivity contribution in [2.75, 3.05) is 31.1 Å². The molecule has 0 saturated carbocycles. The summed E-state index contributed by atoms with van der Waals surface area (Å²) in [5, 5.41) is 21.0. The maximum Gasteiger partial charge on any atom is 0.245 e. The fourth-order valence-electron chi connectivity index (χ4n) is 2.51. The highest BCUT2D eigenvalue weighted by molar-refractivity contribution is 5.49. The van der Waals surface area contributed by atoms with E-state index in [-0.39, 0.29) is 0 Å². The number of hydrogen-bond donors (Lipinski definition) is 3. The lowest BCUT2D eigenvalue weighted by Gasteiger charge is -2.31. The predicted octanol–water partition coefficient (Wildman–Crippen LogP) is 0.416. The molecule has 0 atom stereocenters. The van der Waals surface area contributed by atoms with E-state index in [1.165, 1.54) is 12.8 Å². The Balaban J connectivity index is 1.58.